The van der Waals surface area contributed by atoms with Crippen LogP contribution in [0, 0.1) is 6.92 Å². The van der Waals surface area contributed by atoms with Crippen LogP contribution in [0.5, 0.6) is 5.75 Å². The molecule has 0 heterocycles. The van der Waals surface area contributed by atoms with E-state index in [0.717, 1.165) is 5.75 Å². The second-order valence-corrected chi connectivity index (χ2v) is 6.05. The van der Waals surface area contributed by atoms with Gasteiger partial charge in [0.25, 0.3) is 0 Å². The minimum atomic E-state index is 0.190. The van der Waals surface area contributed by atoms with Gasteiger partial charge < -0.3 is 4.74 Å². The number of aryl methyl sites for hydroxylation is 1. The third-order valence-corrected chi connectivity index (χ3v) is 3.21. The van der Waals surface area contributed by atoms with Gasteiger partial charge in [0.2, 0.25) is 0 Å². The van der Waals surface area contributed by atoms with Crippen molar-refractivity contribution in [3.63, 3.8) is 0 Å². The number of ether oxygens (including phenoxy) is 1. The molecule has 2 rings (SSSR count). The SMILES string of the molecule is Cc1cccc(COc2ccc(C(C)(C)C)cc2)c1. The number of hydrogen-bond acceptors (Lipinski definition) is 1. The van der Waals surface area contributed by atoms with E-state index in [4.69, 9.17) is 4.74 Å². The van der Waals surface area contributed by atoms with Crippen molar-refractivity contribution in [3.05, 3.63) is 65.2 Å². The van der Waals surface area contributed by atoms with Gasteiger partial charge in [-0.25, -0.2) is 0 Å². The molecule has 0 bridgehead atoms. The van der Waals surface area contributed by atoms with Crippen LogP contribution in [0.4, 0.5) is 0 Å². The molecule has 0 aliphatic carbocycles. The highest BCUT2D eigenvalue weighted by Gasteiger charge is 2.12. The lowest BCUT2D eigenvalue weighted by atomic mass is 9.87. The first-order chi connectivity index (χ1) is 8.95. The molecule has 0 amide bonds. The summed E-state index contributed by atoms with van der Waals surface area (Å²) in [5.74, 6) is 0.925. The monoisotopic (exact) mass is 254 g/mol. The van der Waals surface area contributed by atoms with E-state index in [1.54, 1.807) is 0 Å². The van der Waals surface area contributed by atoms with E-state index in [2.05, 4.69) is 76.2 Å². The van der Waals surface area contributed by atoms with Crippen LogP contribution >= 0.6 is 0 Å². The standard InChI is InChI=1S/C18H22O/c1-14-6-5-7-15(12-14)13-19-17-10-8-16(9-11-17)18(2,3)4/h5-12H,13H2,1-4H3. The molecule has 0 aromatic heterocycles. The molecule has 19 heavy (non-hydrogen) atoms. The smallest absolute Gasteiger partial charge is 0.119 e. The van der Waals surface area contributed by atoms with Crippen LogP contribution in [0.2, 0.25) is 0 Å². The Bertz CT molecular complexity index is 532. The largest absolute Gasteiger partial charge is 0.489 e. The molecule has 100 valence electrons. The fraction of sp³-hybridized carbons (Fsp3) is 0.333. The third kappa shape index (κ3) is 3.85. The second-order valence-electron chi connectivity index (χ2n) is 6.05. The van der Waals surface area contributed by atoms with Crippen LogP contribution in [-0.4, -0.2) is 0 Å². The average molecular weight is 254 g/mol. The van der Waals surface area contributed by atoms with E-state index in [0.29, 0.717) is 6.61 Å². The van der Waals surface area contributed by atoms with E-state index >= 15 is 0 Å². The molecule has 0 unspecified atom stereocenters. The van der Waals surface area contributed by atoms with Crippen molar-refractivity contribution >= 4 is 0 Å². The van der Waals surface area contributed by atoms with Gasteiger partial charge in [-0.2, -0.15) is 0 Å². The molecule has 0 N–H and O–H groups in total. The molecule has 0 saturated carbocycles. The van der Waals surface area contributed by atoms with Gasteiger partial charge in [0.15, 0.2) is 0 Å². The first-order valence-electron chi connectivity index (χ1n) is 6.74. The van der Waals surface area contributed by atoms with Gasteiger partial charge in [0.1, 0.15) is 12.4 Å². The lowest BCUT2D eigenvalue weighted by Crippen LogP contribution is -2.10. The van der Waals surface area contributed by atoms with Crippen LogP contribution in [0.3, 0.4) is 0 Å². The molecule has 0 aliphatic heterocycles. The molecule has 0 aliphatic rings. The molecule has 0 radical (unpaired) electrons. The van der Waals surface area contributed by atoms with Crippen molar-refractivity contribution in [2.45, 2.75) is 39.7 Å². The van der Waals surface area contributed by atoms with Gasteiger partial charge in [-0.3, -0.25) is 0 Å². The summed E-state index contributed by atoms with van der Waals surface area (Å²) in [5, 5.41) is 0. The van der Waals surface area contributed by atoms with Gasteiger partial charge in [0, 0.05) is 0 Å². The molecule has 0 spiro atoms. The van der Waals surface area contributed by atoms with Crippen LogP contribution in [0.15, 0.2) is 48.5 Å². The fourth-order valence-electron chi connectivity index (χ4n) is 2.02. The third-order valence-electron chi connectivity index (χ3n) is 3.21. The molecule has 0 atom stereocenters. The van der Waals surface area contributed by atoms with Crippen molar-refractivity contribution in [2.75, 3.05) is 0 Å². The summed E-state index contributed by atoms with van der Waals surface area (Å²) in [5.41, 5.74) is 3.99. The topological polar surface area (TPSA) is 9.23 Å². The van der Waals surface area contributed by atoms with Crippen molar-refractivity contribution in [3.8, 4) is 5.75 Å². The maximum Gasteiger partial charge on any atom is 0.119 e. The van der Waals surface area contributed by atoms with E-state index in [9.17, 15) is 0 Å². The number of benzene rings is 2. The van der Waals surface area contributed by atoms with Crippen molar-refractivity contribution < 1.29 is 4.74 Å². The van der Waals surface area contributed by atoms with Crippen LogP contribution in [0.1, 0.15) is 37.5 Å². The maximum atomic E-state index is 5.81. The Kier molecular flexibility index (Phi) is 3.94. The second kappa shape index (κ2) is 5.48. The Morgan fingerprint density at radius 2 is 1.63 bits per heavy atom. The Hall–Kier alpha value is -1.76. The fourth-order valence-corrected chi connectivity index (χ4v) is 2.02. The molecule has 1 nitrogen and oxygen atoms in total. The Balaban J connectivity index is 2.01. The van der Waals surface area contributed by atoms with E-state index in [1.165, 1.54) is 16.7 Å². The van der Waals surface area contributed by atoms with Crippen molar-refractivity contribution in [1.29, 1.82) is 0 Å². The summed E-state index contributed by atoms with van der Waals surface area (Å²) in [6, 6.07) is 16.8. The predicted molar refractivity (Wildman–Crippen MR) is 80.7 cm³/mol. The summed E-state index contributed by atoms with van der Waals surface area (Å²) >= 11 is 0. The van der Waals surface area contributed by atoms with Gasteiger partial charge in [0.05, 0.1) is 0 Å². The van der Waals surface area contributed by atoms with E-state index < -0.39 is 0 Å². The molecule has 2 aromatic carbocycles. The lowest BCUT2D eigenvalue weighted by molar-refractivity contribution is 0.306. The molecule has 2 aromatic rings. The van der Waals surface area contributed by atoms with Crippen LogP contribution in [-0.2, 0) is 12.0 Å². The van der Waals surface area contributed by atoms with Gasteiger partial charge >= 0.3 is 0 Å². The highest BCUT2D eigenvalue weighted by atomic mass is 16.5. The van der Waals surface area contributed by atoms with Crippen molar-refractivity contribution in [2.24, 2.45) is 0 Å². The van der Waals surface area contributed by atoms with E-state index in [-0.39, 0.29) is 5.41 Å². The highest BCUT2D eigenvalue weighted by molar-refractivity contribution is 5.31. The summed E-state index contributed by atoms with van der Waals surface area (Å²) in [6.45, 7) is 9.37. The summed E-state index contributed by atoms with van der Waals surface area (Å²) in [6.07, 6.45) is 0. The summed E-state index contributed by atoms with van der Waals surface area (Å²) in [4.78, 5) is 0. The first-order valence-corrected chi connectivity index (χ1v) is 6.74. The lowest BCUT2D eigenvalue weighted by Gasteiger charge is -2.19. The minimum Gasteiger partial charge on any atom is -0.489 e. The molecular formula is C18H22O. The Morgan fingerprint density at radius 1 is 0.947 bits per heavy atom. The van der Waals surface area contributed by atoms with Crippen LogP contribution in [0.25, 0.3) is 0 Å². The minimum absolute atomic E-state index is 0.190. The van der Waals surface area contributed by atoms with Crippen LogP contribution < -0.4 is 4.74 Å². The number of hydrogen-bond donors (Lipinski definition) is 0. The molecule has 1 heteroatoms. The molecule has 0 fully saturated rings. The first kappa shape index (κ1) is 13.7. The summed E-state index contributed by atoms with van der Waals surface area (Å²) < 4.78 is 5.81. The maximum absolute atomic E-state index is 5.81. The highest BCUT2D eigenvalue weighted by Crippen LogP contribution is 2.24. The zero-order chi connectivity index (χ0) is 13.9. The Morgan fingerprint density at radius 3 is 2.21 bits per heavy atom. The zero-order valence-corrected chi connectivity index (χ0v) is 12.2. The van der Waals surface area contributed by atoms with Gasteiger partial charge in [-0.15, -0.1) is 0 Å². The zero-order valence-electron chi connectivity index (χ0n) is 12.2. The normalized spacial score (nSPS) is 11.4. The Labute approximate surface area is 116 Å². The van der Waals surface area contributed by atoms with Crippen molar-refractivity contribution in [1.82, 2.24) is 0 Å². The molecular weight excluding hydrogens is 232 g/mol. The predicted octanol–water partition coefficient (Wildman–Crippen LogP) is 4.87. The van der Waals surface area contributed by atoms with Gasteiger partial charge in [-0.1, -0.05) is 62.7 Å². The average Bonchev–Trinajstić information content (AvgIpc) is 2.36. The quantitative estimate of drug-likeness (QED) is 0.759. The summed E-state index contributed by atoms with van der Waals surface area (Å²) in [7, 11) is 0. The van der Waals surface area contributed by atoms with Gasteiger partial charge in [-0.05, 0) is 35.6 Å². The number of rotatable bonds is 3. The van der Waals surface area contributed by atoms with E-state index in [1.807, 2.05) is 0 Å². The molecule has 0 saturated heterocycles.